The minimum absolute atomic E-state index is 0.239. The molecule has 116 valence electrons. The average molecular weight is 360 g/mol. The zero-order chi connectivity index (χ0) is 16.1. The number of halogens is 3. The smallest absolute Gasteiger partial charge is 0.322 e. The van der Waals surface area contributed by atoms with E-state index in [0.717, 1.165) is 18.5 Å². The van der Waals surface area contributed by atoms with Crippen molar-refractivity contribution in [1.82, 2.24) is 9.97 Å². The molecule has 0 spiro atoms. The van der Waals surface area contributed by atoms with Gasteiger partial charge in [-0.3, -0.25) is 5.32 Å². The molecular weight excluding hydrogens is 345 g/mol. The van der Waals surface area contributed by atoms with Gasteiger partial charge in [-0.25, -0.2) is 4.99 Å². The molecule has 0 amide bonds. The molecule has 0 aliphatic rings. The molecule has 0 saturated carbocycles. The standard InChI is InChI=1S/C14H14Cl3N5/c1-2-3-10-7-12(17)21-14(20-10)22-13(18)19-11-5-8(15)4-9(16)6-11/h4-7H,2-3H2,1H3,(H3,18,19,20,21,22)/p+1. The van der Waals surface area contributed by atoms with Crippen LogP contribution in [-0.4, -0.2) is 15.9 Å². The number of rotatable bonds is 4. The van der Waals surface area contributed by atoms with Crippen LogP contribution < -0.4 is 16.0 Å². The second-order valence-electron chi connectivity index (χ2n) is 4.58. The number of guanidine groups is 1. The van der Waals surface area contributed by atoms with E-state index in [2.05, 4.69) is 27.2 Å². The molecule has 2 rings (SSSR count). The van der Waals surface area contributed by atoms with E-state index in [1.165, 1.54) is 0 Å². The number of nitrogens with one attached hydrogen (secondary N) is 2. The van der Waals surface area contributed by atoms with Crippen LogP contribution in [0.5, 0.6) is 0 Å². The van der Waals surface area contributed by atoms with Gasteiger partial charge in [-0.2, -0.15) is 0 Å². The van der Waals surface area contributed by atoms with Crippen LogP contribution in [0.3, 0.4) is 0 Å². The van der Waals surface area contributed by atoms with Crippen molar-refractivity contribution in [2.75, 3.05) is 5.32 Å². The number of anilines is 1. The highest BCUT2D eigenvalue weighted by molar-refractivity contribution is 6.35. The van der Waals surface area contributed by atoms with Crippen LogP contribution in [0.25, 0.3) is 0 Å². The first-order valence-corrected chi connectivity index (χ1v) is 7.75. The second-order valence-corrected chi connectivity index (χ2v) is 5.84. The van der Waals surface area contributed by atoms with Gasteiger partial charge in [-0.1, -0.05) is 41.7 Å². The van der Waals surface area contributed by atoms with Gasteiger partial charge in [-0.05, 0) is 31.0 Å². The van der Waals surface area contributed by atoms with Crippen LogP contribution in [0, 0.1) is 0 Å². The Morgan fingerprint density at radius 1 is 1.14 bits per heavy atom. The van der Waals surface area contributed by atoms with Crippen molar-refractivity contribution < 1.29 is 4.99 Å². The molecule has 2 aromatic rings. The maximum Gasteiger partial charge on any atom is 0.355 e. The van der Waals surface area contributed by atoms with Gasteiger partial charge in [0.25, 0.3) is 5.96 Å². The molecular formula is C14H15Cl3N5+. The minimum Gasteiger partial charge on any atom is -0.322 e. The van der Waals surface area contributed by atoms with E-state index in [1.54, 1.807) is 24.3 Å². The summed E-state index contributed by atoms with van der Waals surface area (Å²) in [6, 6.07) is 6.76. The predicted molar refractivity (Wildman–Crippen MR) is 90.9 cm³/mol. The first-order valence-electron chi connectivity index (χ1n) is 6.62. The summed E-state index contributed by atoms with van der Waals surface area (Å²) in [6.07, 6.45) is 1.78. The average Bonchev–Trinajstić information content (AvgIpc) is 2.36. The summed E-state index contributed by atoms with van der Waals surface area (Å²) < 4.78 is 0. The highest BCUT2D eigenvalue weighted by Gasteiger charge is 2.09. The second kappa shape index (κ2) is 7.63. The lowest BCUT2D eigenvalue weighted by Gasteiger charge is -2.03. The molecule has 1 aromatic carbocycles. The molecule has 5 nitrogen and oxygen atoms in total. The molecule has 22 heavy (non-hydrogen) atoms. The third-order valence-corrected chi connectivity index (χ3v) is 3.27. The maximum atomic E-state index is 5.97. The van der Waals surface area contributed by atoms with Crippen LogP contribution in [-0.2, 0) is 6.42 Å². The SMILES string of the molecule is CCCc1cc(Cl)nc([NH+]=C(N)Nc2cc(Cl)cc(Cl)c2)n1. The van der Waals surface area contributed by atoms with Crippen molar-refractivity contribution in [2.45, 2.75) is 19.8 Å². The maximum absolute atomic E-state index is 5.97. The van der Waals surface area contributed by atoms with Gasteiger partial charge in [0.1, 0.15) is 0 Å². The highest BCUT2D eigenvalue weighted by Crippen LogP contribution is 2.21. The van der Waals surface area contributed by atoms with Gasteiger partial charge in [-0.15, -0.1) is 9.97 Å². The van der Waals surface area contributed by atoms with E-state index in [-0.39, 0.29) is 5.96 Å². The van der Waals surface area contributed by atoms with Crippen molar-refractivity contribution in [3.63, 3.8) is 0 Å². The first-order chi connectivity index (χ1) is 10.5. The minimum atomic E-state index is 0.239. The Kier molecular flexibility index (Phi) is 5.83. The summed E-state index contributed by atoms with van der Waals surface area (Å²) in [5.41, 5.74) is 7.40. The number of aryl methyl sites for hydroxylation is 1. The summed E-state index contributed by atoms with van der Waals surface area (Å²) in [6.45, 7) is 2.06. The predicted octanol–water partition coefficient (Wildman–Crippen LogP) is 2.53. The Morgan fingerprint density at radius 3 is 2.45 bits per heavy atom. The zero-order valence-electron chi connectivity index (χ0n) is 11.8. The topological polar surface area (TPSA) is 77.8 Å². The Bertz CT molecular complexity index is 683. The van der Waals surface area contributed by atoms with E-state index >= 15 is 0 Å². The van der Waals surface area contributed by atoms with Gasteiger partial charge in [0.2, 0.25) is 0 Å². The number of aromatic nitrogens is 2. The fourth-order valence-electron chi connectivity index (χ4n) is 1.84. The highest BCUT2D eigenvalue weighted by atomic mass is 35.5. The van der Waals surface area contributed by atoms with Crippen LogP contribution in [0.1, 0.15) is 19.0 Å². The van der Waals surface area contributed by atoms with E-state index in [0.29, 0.717) is 26.8 Å². The third-order valence-electron chi connectivity index (χ3n) is 2.64. The van der Waals surface area contributed by atoms with Crippen molar-refractivity contribution in [3.8, 4) is 0 Å². The van der Waals surface area contributed by atoms with E-state index in [1.807, 2.05) is 0 Å². The molecule has 0 fully saturated rings. The van der Waals surface area contributed by atoms with Gasteiger partial charge in [0, 0.05) is 16.1 Å². The molecule has 0 aliphatic carbocycles. The van der Waals surface area contributed by atoms with Crippen molar-refractivity contribution >= 4 is 52.4 Å². The molecule has 1 heterocycles. The van der Waals surface area contributed by atoms with E-state index in [9.17, 15) is 0 Å². The van der Waals surface area contributed by atoms with Crippen LogP contribution in [0.4, 0.5) is 11.6 Å². The Labute approximate surface area is 143 Å². The van der Waals surface area contributed by atoms with Crippen LogP contribution >= 0.6 is 34.8 Å². The van der Waals surface area contributed by atoms with Gasteiger partial charge >= 0.3 is 5.95 Å². The fraction of sp³-hybridized carbons (Fsp3) is 0.214. The van der Waals surface area contributed by atoms with Crippen molar-refractivity contribution in [1.29, 1.82) is 0 Å². The molecule has 0 saturated heterocycles. The van der Waals surface area contributed by atoms with Crippen LogP contribution in [0.2, 0.25) is 15.2 Å². The first kappa shape index (κ1) is 16.8. The summed E-state index contributed by atoms with van der Waals surface area (Å²) in [7, 11) is 0. The van der Waals surface area contributed by atoms with E-state index < -0.39 is 0 Å². The van der Waals surface area contributed by atoms with Crippen molar-refractivity contribution in [3.05, 3.63) is 45.2 Å². The normalized spacial score (nSPS) is 11.5. The third kappa shape index (κ3) is 5.02. The van der Waals surface area contributed by atoms with Crippen molar-refractivity contribution in [2.24, 2.45) is 5.73 Å². The number of nitrogens with two attached hydrogens (primary N) is 1. The Balaban J connectivity index is 2.21. The molecule has 8 heteroatoms. The molecule has 0 radical (unpaired) electrons. The zero-order valence-corrected chi connectivity index (χ0v) is 14.1. The Morgan fingerprint density at radius 2 is 1.82 bits per heavy atom. The van der Waals surface area contributed by atoms with Crippen LogP contribution in [0.15, 0.2) is 24.3 Å². The monoisotopic (exact) mass is 358 g/mol. The quantitative estimate of drug-likeness (QED) is 0.445. The molecule has 0 atom stereocenters. The summed E-state index contributed by atoms with van der Waals surface area (Å²) in [4.78, 5) is 11.3. The number of hydrogen-bond acceptors (Lipinski definition) is 2. The summed E-state index contributed by atoms with van der Waals surface area (Å²) in [5.74, 6) is 0.567. The number of nitrogens with zero attached hydrogens (tertiary/aromatic N) is 2. The number of benzene rings is 1. The molecule has 0 aliphatic heterocycles. The fourth-order valence-corrected chi connectivity index (χ4v) is 2.57. The lowest BCUT2D eigenvalue weighted by molar-refractivity contribution is -0.365. The Hall–Kier alpha value is -1.56. The molecule has 0 bridgehead atoms. The molecule has 1 aromatic heterocycles. The number of hydrogen-bond donors (Lipinski definition) is 3. The molecule has 0 unspecified atom stereocenters. The lowest BCUT2D eigenvalue weighted by Crippen LogP contribution is -2.72. The lowest BCUT2D eigenvalue weighted by atomic mass is 10.2. The van der Waals surface area contributed by atoms with E-state index in [4.69, 9.17) is 40.5 Å². The van der Waals surface area contributed by atoms with Gasteiger partial charge in [0.15, 0.2) is 5.15 Å². The van der Waals surface area contributed by atoms with Gasteiger partial charge < -0.3 is 5.73 Å². The van der Waals surface area contributed by atoms with Gasteiger partial charge in [0.05, 0.1) is 11.4 Å². The summed E-state index contributed by atoms with van der Waals surface area (Å²) in [5, 5.41) is 4.31. The molecule has 4 N–H and O–H groups in total. The largest absolute Gasteiger partial charge is 0.355 e. The summed E-state index contributed by atoms with van der Waals surface area (Å²) >= 11 is 17.8.